The number of benzene rings is 2. The van der Waals surface area contributed by atoms with Gasteiger partial charge >= 0.3 is 0 Å². The van der Waals surface area contributed by atoms with Crippen LogP contribution in [0.1, 0.15) is 11.1 Å². The van der Waals surface area contributed by atoms with Gasteiger partial charge in [0.15, 0.2) is 0 Å². The van der Waals surface area contributed by atoms with E-state index in [1.165, 1.54) is 12.1 Å². The van der Waals surface area contributed by atoms with Crippen LogP contribution in [0.15, 0.2) is 60.9 Å². The molecular weight excluding hydrogens is 325 g/mol. The third-order valence-corrected chi connectivity index (χ3v) is 4.33. The summed E-state index contributed by atoms with van der Waals surface area (Å²) in [5, 5.41) is 0. The van der Waals surface area contributed by atoms with Crippen LogP contribution in [-0.4, -0.2) is 13.7 Å². The van der Waals surface area contributed by atoms with Crippen LogP contribution < -0.4 is 0 Å². The van der Waals surface area contributed by atoms with Crippen molar-refractivity contribution < 1.29 is 13.2 Å². The van der Waals surface area contributed by atoms with E-state index in [0.717, 1.165) is 22.3 Å². The van der Waals surface area contributed by atoms with Gasteiger partial charge in [-0.1, -0.05) is 53.0 Å². The van der Waals surface area contributed by atoms with Gasteiger partial charge in [-0.05, 0) is 41.3 Å². The van der Waals surface area contributed by atoms with E-state index in [0.29, 0.717) is 5.56 Å². The first-order valence-electron chi connectivity index (χ1n) is 7.40. The molecule has 3 aromatic rings. The lowest BCUT2D eigenvalue weighted by Crippen LogP contribution is -1.97. The molecule has 3 rings (SSSR count). The van der Waals surface area contributed by atoms with Crippen molar-refractivity contribution in [2.24, 2.45) is 0 Å². The number of nitrogens with zero attached hydrogens (tertiary/aromatic N) is 1. The Bertz CT molecular complexity index is 911. The SMILES string of the molecule is Cc1cccc(-c2ccncc2-c2ccc(CS(=O)[O-])c(F)c2)c1. The minimum absolute atomic E-state index is 0.160. The van der Waals surface area contributed by atoms with Crippen molar-refractivity contribution in [1.82, 2.24) is 4.98 Å². The third-order valence-electron chi connectivity index (χ3n) is 3.79. The molecule has 0 spiro atoms. The lowest BCUT2D eigenvalue weighted by atomic mass is 9.95. The highest BCUT2D eigenvalue weighted by Crippen LogP contribution is 2.32. The molecule has 5 heteroatoms. The number of hydrogen-bond donors (Lipinski definition) is 0. The lowest BCUT2D eigenvalue weighted by molar-refractivity contribution is 0.533. The Morgan fingerprint density at radius 1 is 1.08 bits per heavy atom. The highest BCUT2D eigenvalue weighted by atomic mass is 32.2. The maximum atomic E-state index is 14.2. The summed E-state index contributed by atoms with van der Waals surface area (Å²) in [7, 11) is 0. The Morgan fingerprint density at radius 2 is 1.88 bits per heavy atom. The van der Waals surface area contributed by atoms with E-state index in [-0.39, 0.29) is 11.3 Å². The molecular formula is C19H15FNO2S-. The molecule has 0 aliphatic rings. The van der Waals surface area contributed by atoms with Gasteiger partial charge in [-0.25, -0.2) is 4.39 Å². The molecule has 1 atom stereocenters. The molecule has 0 aliphatic carbocycles. The maximum absolute atomic E-state index is 14.2. The Labute approximate surface area is 142 Å². The lowest BCUT2D eigenvalue weighted by Gasteiger charge is -2.12. The van der Waals surface area contributed by atoms with Crippen molar-refractivity contribution in [3.63, 3.8) is 0 Å². The topological polar surface area (TPSA) is 53.0 Å². The first-order chi connectivity index (χ1) is 11.5. The number of halogens is 1. The quantitative estimate of drug-likeness (QED) is 0.668. The van der Waals surface area contributed by atoms with Gasteiger partial charge in [-0.3, -0.25) is 9.19 Å². The smallest absolute Gasteiger partial charge is 0.127 e. The van der Waals surface area contributed by atoms with Gasteiger partial charge < -0.3 is 4.55 Å². The number of aromatic nitrogens is 1. The van der Waals surface area contributed by atoms with Crippen molar-refractivity contribution in [2.45, 2.75) is 12.7 Å². The van der Waals surface area contributed by atoms with E-state index >= 15 is 0 Å². The Balaban J connectivity index is 2.08. The van der Waals surface area contributed by atoms with Gasteiger partial charge in [0.05, 0.1) is 0 Å². The molecule has 3 nitrogen and oxygen atoms in total. The summed E-state index contributed by atoms with van der Waals surface area (Å²) in [4.78, 5) is 4.15. The third kappa shape index (κ3) is 3.58. The van der Waals surface area contributed by atoms with Crippen LogP contribution in [0.3, 0.4) is 0 Å². The van der Waals surface area contributed by atoms with Crippen molar-refractivity contribution in [1.29, 1.82) is 0 Å². The minimum Gasteiger partial charge on any atom is -0.772 e. The van der Waals surface area contributed by atoms with E-state index in [1.54, 1.807) is 18.5 Å². The normalized spacial score (nSPS) is 12.1. The fourth-order valence-corrected chi connectivity index (χ4v) is 3.14. The van der Waals surface area contributed by atoms with Crippen molar-refractivity contribution >= 4 is 11.1 Å². The molecule has 0 amide bonds. The summed E-state index contributed by atoms with van der Waals surface area (Å²) in [6.45, 7) is 2.02. The Hall–Kier alpha value is -2.37. The van der Waals surface area contributed by atoms with E-state index in [1.807, 2.05) is 31.2 Å². The summed E-state index contributed by atoms with van der Waals surface area (Å²) in [5.41, 5.74) is 4.74. The van der Waals surface area contributed by atoms with E-state index in [2.05, 4.69) is 11.1 Å². The van der Waals surface area contributed by atoms with Gasteiger partial charge in [0.1, 0.15) is 5.82 Å². The Kier molecular flexibility index (Phi) is 4.83. The van der Waals surface area contributed by atoms with Crippen LogP contribution >= 0.6 is 0 Å². The highest BCUT2D eigenvalue weighted by Gasteiger charge is 2.10. The standard InChI is InChI=1S/C19H16FNO2S/c1-13-3-2-4-14(9-13)17-7-8-21-11-18(17)15-5-6-16(12-24(22)23)19(20)10-15/h2-11H,12H2,1H3,(H,22,23)/p-1. The second kappa shape index (κ2) is 7.03. The highest BCUT2D eigenvalue weighted by molar-refractivity contribution is 7.78. The van der Waals surface area contributed by atoms with Gasteiger partial charge in [0.25, 0.3) is 0 Å². The number of aryl methyl sites for hydroxylation is 1. The fourth-order valence-electron chi connectivity index (χ4n) is 2.65. The largest absolute Gasteiger partial charge is 0.772 e. The average Bonchev–Trinajstić information content (AvgIpc) is 2.56. The molecule has 0 radical (unpaired) electrons. The molecule has 0 aliphatic heterocycles. The number of hydrogen-bond acceptors (Lipinski definition) is 3. The van der Waals surface area contributed by atoms with Crippen molar-refractivity contribution in [2.75, 3.05) is 0 Å². The molecule has 1 aromatic heterocycles. The summed E-state index contributed by atoms with van der Waals surface area (Å²) in [6.07, 6.45) is 3.39. The molecule has 0 saturated heterocycles. The summed E-state index contributed by atoms with van der Waals surface area (Å²) < 4.78 is 35.7. The number of pyridine rings is 1. The summed E-state index contributed by atoms with van der Waals surface area (Å²) in [6, 6.07) is 14.5. The first-order valence-corrected chi connectivity index (χ1v) is 8.65. The molecule has 0 bridgehead atoms. The maximum Gasteiger partial charge on any atom is 0.127 e. The van der Waals surface area contributed by atoms with Crippen LogP contribution in [0, 0.1) is 12.7 Å². The minimum atomic E-state index is -2.32. The van der Waals surface area contributed by atoms with Gasteiger partial charge in [-0.2, -0.15) is 0 Å². The summed E-state index contributed by atoms with van der Waals surface area (Å²) in [5.74, 6) is -0.861. The van der Waals surface area contributed by atoms with Gasteiger partial charge in [-0.15, -0.1) is 0 Å². The van der Waals surface area contributed by atoms with Crippen LogP contribution in [0.2, 0.25) is 0 Å². The van der Waals surface area contributed by atoms with Crippen LogP contribution in [0.5, 0.6) is 0 Å². The molecule has 1 unspecified atom stereocenters. The van der Waals surface area contributed by atoms with E-state index < -0.39 is 16.9 Å². The predicted molar refractivity (Wildman–Crippen MR) is 92.4 cm³/mol. The van der Waals surface area contributed by atoms with Crippen LogP contribution in [0.25, 0.3) is 22.3 Å². The number of rotatable bonds is 4. The monoisotopic (exact) mass is 340 g/mol. The second-order valence-corrected chi connectivity index (χ2v) is 6.44. The van der Waals surface area contributed by atoms with Crippen LogP contribution in [-0.2, 0) is 16.8 Å². The van der Waals surface area contributed by atoms with Crippen LogP contribution in [0.4, 0.5) is 4.39 Å². The molecule has 0 N–H and O–H groups in total. The fraction of sp³-hybridized carbons (Fsp3) is 0.105. The zero-order valence-electron chi connectivity index (χ0n) is 13.0. The molecule has 2 aromatic carbocycles. The van der Waals surface area contributed by atoms with Gasteiger partial charge in [0.2, 0.25) is 0 Å². The van der Waals surface area contributed by atoms with Crippen molar-refractivity contribution in [3.8, 4) is 22.3 Å². The molecule has 122 valence electrons. The zero-order chi connectivity index (χ0) is 17.1. The summed E-state index contributed by atoms with van der Waals surface area (Å²) >= 11 is -2.32. The molecule has 24 heavy (non-hydrogen) atoms. The first kappa shape index (κ1) is 16.5. The molecule has 0 saturated carbocycles. The average molecular weight is 340 g/mol. The molecule has 0 fully saturated rings. The Morgan fingerprint density at radius 3 is 2.58 bits per heavy atom. The van der Waals surface area contributed by atoms with E-state index in [4.69, 9.17) is 0 Å². The predicted octanol–water partition coefficient (Wildman–Crippen LogP) is 4.24. The van der Waals surface area contributed by atoms with Gasteiger partial charge in [0, 0.05) is 23.7 Å². The van der Waals surface area contributed by atoms with E-state index in [9.17, 15) is 13.2 Å². The zero-order valence-corrected chi connectivity index (χ0v) is 13.8. The second-order valence-electron chi connectivity index (χ2n) is 5.55. The van der Waals surface area contributed by atoms with Crippen molar-refractivity contribution in [3.05, 3.63) is 77.9 Å². The molecule has 1 heterocycles.